The van der Waals surface area contributed by atoms with Gasteiger partial charge in [0.2, 0.25) is 10.9 Å². The van der Waals surface area contributed by atoms with E-state index in [1.807, 2.05) is 6.92 Å². The van der Waals surface area contributed by atoms with E-state index in [2.05, 4.69) is 10.3 Å². The van der Waals surface area contributed by atoms with E-state index < -0.39 is 28.6 Å². The van der Waals surface area contributed by atoms with Crippen molar-refractivity contribution in [3.05, 3.63) is 86.2 Å². The number of carbonyl (C=O) groups excluding carboxylic acids is 2. The van der Waals surface area contributed by atoms with Crippen molar-refractivity contribution < 1.29 is 18.7 Å². The van der Waals surface area contributed by atoms with Gasteiger partial charge in [-0.3, -0.25) is 14.4 Å². The molecule has 0 spiro atoms. The minimum atomic E-state index is -0.726. The molecule has 1 amide bonds. The zero-order chi connectivity index (χ0) is 23.7. The molecule has 0 saturated heterocycles. The molecular weight excluding hydrogens is 429 g/mol. The highest BCUT2D eigenvalue weighted by Gasteiger charge is 2.18. The molecule has 0 saturated carbocycles. The number of aryl methyl sites for hydroxylation is 1. The van der Waals surface area contributed by atoms with Crippen LogP contribution in [0.15, 0.2) is 58.4 Å². The van der Waals surface area contributed by atoms with Gasteiger partial charge in [-0.25, -0.2) is 9.18 Å². The van der Waals surface area contributed by atoms with Crippen LogP contribution >= 0.6 is 0 Å². The summed E-state index contributed by atoms with van der Waals surface area (Å²) in [5, 5.41) is 2.86. The van der Waals surface area contributed by atoms with Gasteiger partial charge < -0.3 is 19.6 Å². The Kier molecular flexibility index (Phi) is 5.78. The maximum absolute atomic E-state index is 13.6. The van der Waals surface area contributed by atoms with Crippen molar-refractivity contribution in [2.45, 2.75) is 20.4 Å². The predicted octanol–water partition coefficient (Wildman–Crippen LogP) is 3.43. The number of amides is 1. The second-order valence-electron chi connectivity index (χ2n) is 7.29. The standard InChI is InChI=1S/C24H20FN3O5/c1-3-28-12-18(24(32)33-4-2)22(30)16-10-14(6-8-20(16)28)27-23(31)17-11-26-19-7-5-13(25)9-15(19)21(17)29/h5-12H,3-4H2,1-2H3,(H,26,29)(H,27,31). The van der Waals surface area contributed by atoms with Crippen molar-refractivity contribution >= 4 is 39.4 Å². The van der Waals surface area contributed by atoms with E-state index in [-0.39, 0.29) is 34.2 Å². The smallest absolute Gasteiger partial charge is 0.343 e. The molecule has 2 heterocycles. The zero-order valence-corrected chi connectivity index (χ0v) is 17.9. The number of nitrogens with zero attached hydrogens (tertiary/aromatic N) is 1. The highest BCUT2D eigenvalue weighted by atomic mass is 19.1. The molecule has 2 aromatic carbocycles. The summed E-state index contributed by atoms with van der Waals surface area (Å²) in [6.45, 7) is 4.14. The number of fused-ring (bicyclic) bond motifs is 2. The number of pyridine rings is 2. The first kappa shape index (κ1) is 21.9. The zero-order valence-electron chi connectivity index (χ0n) is 17.9. The second-order valence-corrected chi connectivity index (χ2v) is 7.29. The highest BCUT2D eigenvalue weighted by molar-refractivity contribution is 6.06. The number of aromatic amines is 1. The molecule has 168 valence electrons. The van der Waals surface area contributed by atoms with E-state index >= 15 is 0 Å². The number of hydrogen-bond acceptors (Lipinski definition) is 5. The Labute approximate surface area is 186 Å². The van der Waals surface area contributed by atoms with Gasteiger partial charge in [-0.05, 0) is 50.2 Å². The molecule has 0 bridgehead atoms. The average Bonchev–Trinajstić information content (AvgIpc) is 2.80. The second kappa shape index (κ2) is 8.70. The summed E-state index contributed by atoms with van der Waals surface area (Å²) in [5.41, 5.74) is -0.236. The first-order valence-corrected chi connectivity index (χ1v) is 10.3. The number of rotatable bonds is 5. The van der Waals surface area contributed by atoms with E-state index in [1.165, 1.54) is 30.6 Å². The number of ether oxygens (including phenoxy) is 1. The van der Waals surface area contributed by atoms with E-state index in [9.17, 15) is 23.6 Å². The molecule has 0 aliphatic rings. The van der Waals surface area contributed by atoms with Gasteiger partial charge >= 0.3 is 5.97 Å². The van der Waals surface area contributed by atoms with E-state index in [0.29, 0.717) is 17.6 Å². The van der Waals surface area contributed by atoms with Crippen molar-refractivity contribution in [2.24, 2.45) is 0 Å². The lowest BCUT2D eigenvalue weighted by atomic mass is 10.1. The number of anilines is 1. The van der Waals surface area contributed by atoms with Gasteiger partial charge in [0.15, 0.2) is 0 Å². The molecule has 2 aromatic heterocycles. The Hall–Kier alpha value is -4.27. The largest absolute Gasteiger partial charge is 0.462 e. The van der Waals surface area contributed by atoms with Crippen molar-refractivity contribution in [3.63, 3.8) is 0 Å². The Morgan fingerprint density at radius 1 is 1.03 bits per heavy atom. The molecule has 4 rings (SSSR count). The number of halogens is 1. The molecule has 4 aromatic rings. The average molecular weight is 449 g/mol. The number of aromatic nitrogens is 2. The van der Waals surface area contributed by atoms with Gasteiger partial charge in [0.25, 0.3) is 5.91 Å². The molecule has 0 atom stereocenters. The fraction of sp³-hybridized carbons (Fsp3) is 0.167. The van der Waals surface area contributed by atoms with Gasteiger partial charge in [-0.2, -0.15) is 0 Å². The summed E-state index contributed by atoms with van der Waals surface area (Å²) >= 11 is 0. The Balaban J connectivity index is 1.76. The molecule has 0 unspecified atom stereocenters. The Bertz CT molecular complexity index is 1540. The molecule has 0 fully saturated rings. The normalized spacial score (nSPS) is 11.0. The van der Waals surface area contributed by atoms with Crippen LogP contribution in [0.5, 0.6) is 0 Å². The van der Waals surface area contributed by atoms with Crippen molar-refractivity contribution in [2.75, 3.05) is 11.9 Å². The first-order valence-electron chi connectivity index (χ1n) is 10.3. The summed E-state index contributed by atoms with van der Waals surface area (Å²) in [5.74, 6) is -2.04. The number of esters is 1. The van der Waals surface area contributed by atoms with Crippen LogP contribution in [0.4, 0.5) is 10.1 Å². The number of benzene rings is 2. The maximum Gasteiger partial charge on any atom is 0.343 e. The number of H-pyrrole nitrogens is 1. The minimum absolute atomic E-state index is 0.0473. The van der Waals surface area contributed by atoms with E-state index in [1.54, 1.807) is 23.6 Å². The summed E-state index contributed by atoms with van der Waals surface area (Å²) in [6, 6.07) is 8.36. The Morgan fingerprint density at radius 2 is 1.79 bits per heavy atom. The van der Waals surface area contributed by atoms with Crippen LogP contribution in [0, 0.1) is 5.82 Å². The molecule has 0 radical (unpaired) electrons. The van der Waals surface area contributed by atoms with E-state index in [0.717, 1.165) is 6.07 Å². The van der Waals surface area contributed by atoms with Crippen LogP contribution in [0.2, 0.25) is 0 Å². The van der Waals surface area contributed by atoms with Crippen LogP contribution in [-0.4, -0.2) is 28.0 Å². The molecule has 0 aliphatic carbocycles. The summed E-state index contributed by atoms with van der Waals surface area (Å²) in [6.07, 6.45) is 2.70. The van der Waals surface area contributed by atoms with Crippen LogP contribution in [0.3, 0.4) is 0 Å². The lowest BCUT2D eigenvalue weighted by Crippen LogP contribution is -2.23. The monoisotopic (exact) mass is 449 g/mol. The summed E-state index contributed by atoms with van der Waals surface area (Å²) in [4.78, 5) is 53.4. The van der Waals surface area contributed by atoms with E-state index in [4.69, 9.17) is 4.74 Å². The summed E-state index contributed by atoms with van der Waals surface area (Å²) in [7, 11) is 0. The van der Waals surface area contributed by atoms with Crippen LogP contribution in [-0.2, 0) is 11.3 Å². The van der Waals surface area contributed by atoms with Gasteiger partial charge in [0.1, 0.15) is 16.9 Å². The topological polar surface area (TPSA) is 110 Å². The predicted molar refractivity (Wildman–Crippen MR) is 122 cm³/mol. The lowest BCUT2D eigenvalue weighted by Gasteiger charge is -2.13. The van der Waals surface area contributed by atoms with Gasteiger partial charge in [0, 0.05) is 40.9 Å². The molecular formula is C24H20FN3O5. The number of hydrogen-bond donors (Lipinski definition) is 2. The Morgan fingerprint density at radius 3 is 2.52 bits per heavy atom. The molecule has 9 heteroatoms. The van der Waals surface area contributed by atoms with Crippen LogP contribution < -0.4 is 16.2 Å². The summed E-state index contributed by atoms with van der Waals surface area (Å²) < 4.78 is 20.3. The number of carbonyl (C=O) groups is 2. The molecule has 33 heavy (non-hydrogen) atoms. The third kappa shape index (κ3) is 4.00. The highest BCUT2D eigenvalue weighted by Crippen LogP contribution is 2.19. The fourth-order valence-corrected chi connectivity index (χ4v) is 3.65. The first-order chi connectivity index (χ1) is 15.8. The van der Waals surface area contributed by atoms with Gasteiger partial charge in [-0.15, -0.1) is 0 Å². The van der Waals surface area contributed by atoms with Gasteiger partial charge in [0.05, 0.1) is 12.1 Å². The third-order valence-corrected chi connectivity index (χ3v) is 5.26. The minimum Gasteiger partial charge on any atom is -0.462 e. The third-order valence-electron chi connectivity index (χ3n) is 5.26. The SMILES string of the molecule is CCOC(=O)c1cn(CC)c2ccc(NC(=O)c3c[nH]c4ccc(F)cc4c3=O)cc2c1=O. The molecule has 2 N–H and O–H groups in total. The van der Waals surface area contributed by atoms with Crippen molar-refractivity contribution in [1.82, 2.24) is 9.55 Å². The van der Waals surface area contributed by atoms with Crippen LogP contribution in [0.25, 0.3) is 21.8 Å². The quantitative estimate of drug-likeness (QED) is 0.454. The molecule has 8 nitrogen and oxygen atoms in total. The van der Waals surface area contributed by atoms with Gasteiger partial charge in [-0.1, -0.05) is 0 Å². The molecule has 0 aliphatic heterocycles. The maximum atomic E-state index is 13.6. The lowest BCUT2D eigenvalue weighted by molar-refractivity contribution is 0.0524. The van der Waals surface area contributed by atoms with Crippen molar-refractivity contribution in [3.8, 4) is 0 Å². The fourth-order valence-electron chi connectivity index (χ4n) is 3.65. The number of nitrogens with one attached hydrogen (secondary N) is 2. The van der Waals surface area contributed by atoms with Crippen molar-refractivity contribution in [1.29, 1.82) is 0 Å². The van der Waals surface area contributed by atoms with Crippen LogP contribution in [0.1, 0.15) is 34.6 Å².